The number of carbonyl (C=O) groups excluding carboxylic acids is 4. The van der Waals surface area contributed by atoms with Crippen LogP contribution in [0.25, 0.3) is 0 Å². The van der Waals surface area contributed by atoms with Crippen molar-refractivity contribution in [3.05, 3.63) is 35.9 Å². The lowest BCUT2D eigenvalue weighted by atomic mass is 10.1. The SMILES string of the molecule is COC(=O)[C@@H]1CCCN1C(=O)CN(C)C(=O)[C@@H](N)CCCC(N)C(=O)OCc1ccccc1.Cl. The highest BCUT2D eigenvalue weighted by atomic mass is 35.5. The molecule has 1 aliphatic heterocycles. The third-order valence-electron chi connectivity index (χ3n) is 5.67. The van der Waals surface area contributed by atoms with Crippen molar-refractivity contribution in [2.75, 3.05) is 27.2 Å². The zero-order chi connectivity index (χ0) is 24.4. The van der Waals surface area contributed by atoms with Crippen molar-refractivity contribution < 1.29 is 28.7 Å². The van der Waals surface area contributed by atoms with Crippen molar-refractivity contribution >= 4 is 36.2 Å². The van der Waals surface area contributed by atoms with Crippen LogP contribution in [0.2, 0.25) is 0 Å². The number of rotatable bonds is 11. The Morgan fingerprint density at radius 1 is 1.12 bits per heavy atom. The topological polar surface area (TPSA) is 145 Å². The predicted molar refractivity (Wildman–Crippen MR) is 128 cm³/mol. The fourth-order valence-corrected chi connectivity index (χ4v) is 3.74. The molecule has 2 amide bonds. The number of amides is 2. The normalized spacial score (nSPS) is 16.7. The number of esters is 2. The Hall–Kier alpha value is -2.69. The molecule has 1 fully saturated rings. The summed E-state index contributed by atoms with van der Waals surface area (Å²) in [5, 5.41) is 0. The van der Waals surface area contributed by atoms with Crippen LogP contribution < -0.4 is 11.5 Å². The van der Waals surface area contributed by atoms with Crippen molar-refractivity contribution in [2.45, 2.75) is 56.8 Å². The van der Waals surface area contributed by atoms with Gasteiger partial charge in [-0.15, -0.1) is 12.4 Å². The van der Waals surface area contributed by atoms with E-state index in [0.29, 0.717) is 38.6 Å². The summed E-state index contributed by atoms with van der Waals surface area (Å²) >= 11 is 0. The van der Waals surface area contributed by atoms with E-state index in [1.165, 1.54) is 24.0 Å². The third kappa shape index (κ3) is 8.58. The highest BCUT2D eigenvalue weighted by Gasteiger charge is 2.35. The van der Waals surface area contributed by atoms with Crippen LogP contribution in [0.3, 0.4) is 0 Å². The summed E-state index contributed by atoms with van der Waals surface area (Å²) in [6.07, 6.45) is 2.34. The summed E-state index contributed by atoms with van der Waals surface area (Å²) in [4.78, 5) is 51.7. The predicted octanol–water partition coefficient (Wildman–Crippen LogP) is 0.599. The van der Waals surface area contributed by atoms with Crippen LogP contribution in [0.5, 0.6) is 0 Å². The number of methoxy groups -OCH3 is 1. The molecular formula is C23H35ClN4O6. The molecule has 1 heterocycles. The number of benzene rings is 1. The number of likely N-dealkylation sites (tertiary alicyclic amines) is 1. The lowest BCUT2D eigenvalue weighted by molar-refractivity contribution is -0.151. The van der Waals surface area contributed by atoms with Gasteiger partial charge in [0.1, 0.15) is 18.7 Å². The smallest absolute Gasteiger partial charge is 0.328 e. The van der Waals surface area contributed by atoms with Gasteiger partial charge in [-0.3, -0.25) is 14.4 Å². The van der Waals surface area contributed by atoms with E-state index in [1.807, 2.05) is 30.3 Å². The first kappa shape index (κ1) is 29.3. The molecular weight excluding hydrogens is 464 g/mol. The molecule has 1 aliphatic rings. The molecule has 11 heteroatoms. The van der Waals surface area contributed by atoms with Crippen LogP contribution in [0.1, 0.15) is 37.7 Å². The Morgan fingerprint density at radius 2 is 1.76 bits per heavy atom. The van der Waals surface area contributed by atoms with E-state index in [2.05, 4.69) is 0 Å². The van der Waals surface area contributed by atoms with Crippen LogP contribution in [-0.4, -0.2) is 78.9 Å². The van der Waals surface area contributed by atoms with Gasteiger partial charge >= 0.3 is 11.9 Å². The highest BCUT2D eigenvalue weighted by molar-refractivity contribution is 5.90. The second kappa shape index (κ2) is 14.5. The second-order valence-corrected chi connectivity index (χ2v) is 8.20. The van der Waals surface area contributed by atoms with Crippen molar-refractivity contribution in [3.8, 4) is 0 Å². The summed E-state index contributed by atoms with van der Waals surface area (Å²) in [7, 11) is 2.78. The molecule has 2 rings (SSSR count). The average Bonchev–Trinajstić information content (AvgIpc) is 3.32. The number of likely N-dealkylation sites (N-methyl/N-ethyl adjacent to an activating group) is 1. The first-order valence-corrected chi connectivity index (χ1v) is 11.1. The molecule has 10 nitrogen and oxygen atoms in total. The Kier molecular flexibility index (Phi) is 12.6. The zero-order valence-corrected chi connectivity index (χ0v) is 20.5. The Balaban J connectivity index is 0.00000578. The summed E-state index contributed by atoms with van der Waals surface area (Å²) < 4.78 is 9.96. The quantitative estimate of drug-likeness (QED) is 0.422. The number of nitrogens with zero attached hydrogens (tertiary/aromatic N) is 2. The van der Waals surface area contributed by atoms with Gasteiger partial charge in [0.2, 0.25) is 11.8 Å². The van der Waals surface area contributed by atoms with Gasteiger partial charge in [-0.05, 0) is 37.7 Å². The number of nitrogens with two attached hydrogens (primary N) is 2. The summed E-state index contributed by atoms with van der Waals surface area (Å²) in [6, 6.07) is 7.05. The zero-order valence-electron chi connectivity index (χ0n) is 19.7. The summed E-state index contributed by atoms with van der Waals surface area (Å²) in [5.74, 6) is -1.68. The average molecular weight is 499 g/mol. The van der Waals surface area contributed by atoms with Gasteiger partial charge in [-0.25, -0.2) is 4.79 Å². The van der Waals surface area contributed by atoms with E-state index < -0.39 is 36.0 Å². The molecule has 1 saturated heterocycles. The molecule has 0 aromatic heterocycles. The number of carbonyl (C=O) groups is 4. The minimum absolute atomic E-state index is 0. The van der Waals surface area contributed by atoms with Crippen LogP contribution in [0.4, 0.5) is 0 Å². The van der Waals surface area contributed by atoms with Crippen LogP contribution in [0.15, 0.2) is 30.3 Å². The standard InChI is InChI=1S/C23H34N4O6.ClH/c1-26(14-20(28)27-13-7-12-19(27)23(31)32-2)21(29)17(24)10-6-11-18(25)22(30)33-15-16-8-4-3-5-9-16;/h3-5,8-9,17-19H,6-7,10-15,24-25H2,1-2H3;1H/t17-,18?,19-;/m0./s1. The van der Waals surface area contributed by atoms with Crippen molar-refractivity contribution in [3.63, 3.8) is 0 Å². The van der Waals surface area contributed by atoms with E-state index >= 15 is 0 Å². The van der Waals surface area contributed by atoms with E-state index in [9.17, 15) is 19.2 Å². The lowest BCUT2D eigenvalue weighted by Crippen LogP contribution is -2.49. The van der Waals surface area contributed by atoms with Crippen molar-refractivity contribution in [1.29, 1.82) is 0 Å². The maximum Gasteiger partial charge on any atom is 0.328 e. The highest BCUT2D eigenvalue weighted by Crippen LogP contribution is 2.19. The minimum Gasteiger partial charge on any atom is -0.467 e. The molecule has 1 aromatic carbocycles. The molecule has 0 bridgehead atoms. The van der Waals surface area contributed by atoms with Crippen LogP contribution >= 0.6 is 12.4 Å². The van der Waals surface area contributed by atoms with Gasteiger partial charge in [0.25, 0.3) is 0 Å². The van der Waals surface area contributed by atoms with Gasteiger partial charge in [-0.2, -0.15) is 0 Å². The number of halogens is 1. The van der Waals surface area contributed by atoms with E-state index in [-0.39, 0.29) is 31.5 Å². The molecule has 4 N–H and O–H groups in total. The Bertz CT molecular complexity index is 825. The number of ether oxygens (including phenoxy) is 2. The molecule has 0 spiro atoms. The van der Waals surface area contributed by atoms with Gasteiger partial charge in [0.15, 0.2) is 0 Å². The monoisotopic (exact) mass is 498 g/mol. The Labute approximate surface area is 206 Å². The minimum atomic E-state index is -0.828. The van der Waals surface area contributed by atoms with Crippen LogP contribution in [0, 0.1) is 0 Å². The largest absolute Gasteiger partial charge is 0.467 e. The number of hydrogen-bond acceptors (Lipinski definition) is 8. The first-order chi connectivity index (χ1) is 15.7. The second-order valence-electron chi connectivity index (χ2n) is 8.20. The summed E-state index contributed by atoms with van der Waals surface area (Å²) in [5.41, 5.74) is 12.8. The van der Waals surface area contributed by atoms with Crippen LogP contribution in [-0.2, 0) is 35.3 Å². The number of hydrogen-bond donors (Lipinski definition) is 2. The molecule has 190 valence electrons. The lowest BCUT2D eigenvalue weighted by Gasteiger charge is -2.26. The Morgan fingerprint density at radius 3 is 2.41 bits per heavy atom. The first-order valence-electron chi connectivity index (χ1n) is 11.1. The van der Waals surface area contributed by atoms with Gasteiger partial charge in [-0.1, -0.05) is 30.3 Å². The van der Waals surface area contributed by atoms with Gasteiger partial charge in [0.05, 0.1) is 19.7 Å². The van der Waals surface area contributed by atoms with Gasteiger partial charge < -0.3 is 30.7 Å². The fraction of sp³-hybridized carbons (Fsp3) is 0.565. The molecule has 0 radical (unpaired) electrons. The van der Waals surface area contributed by atoms with E-state index in [1.54, 1.807) is 0 Å². The fourth-order valence-electron chi connectivity index (χ4n) is 3.74. The van der Waals surface area contributed by atoms with Gasteiger partial charge in [0, 0.05) is 13.6 Å². The van der Waals surface area contributed by atoms with E-state index in [4.69, 9.17) is 20.9 Å². The third-order valence-corrected chi connectivity index (χ3v) is 5.67. The molecule has 34 heavy (non-hydrogen) atoms. The maximum atomic E-state index is 12.6. The molecule has 1 unspecified atom stereocenters. The van der Waals surface area contributed by atoms with E-state index in [0.717, 1.165) is 5.56 Å². The molecule has 3 atom stereocenters. The molecule has 0 aliphatic carbocycles. The molecule has 1 aromatic rings. The maximum absolute atomic E-state index is 12.6. The van der Waals surface area contributed by atoms with Crippen molar-refractivity contribution in [2.24, 2.45) is 11.5 Å². The summed E-state index contributed by atoms with van der Waals surface area (Å²) in [6.45, 7) is 0.425. The molecule has 0 saturated carbocycles. The van der Waals surface area contributed by atoms with Crippen molar-refractivity contribution in [1.82, 2.24) is 9.80 Å².